The number of cyclic esters (lactones) is 1. The van der Waals surface area contributed by atoms with Crippen molar-refractivity contribution in [2.45, 2.75) is 18.9 Å². The Morgan fingerprint density at radius 2 is 2.06 bits per heavy atom. The molecule has 34 heavy (non-hydrogen) atoms. The number of nitrogens with one attached hydrogen (secondary N) is 1. The van der Waals surface area contributed by atoms with Crippen molar-refractivity contribution in [2.24, 2.45) is 5.73 Å². The monoisotopic (exact) mass is 497 g/mol. The standard InChI is InChI=1S/C22H32FN5O5S/c1-32-14-21(30)27-8-6-26(7-9-27)19-5-4-16(11-18(19)23)28-13-17(33-22(28)31)12-25-15-34-10-2-3-20(24)29/h4-5,11,17,25H,2-3,6-10,12-15H2,1H3,(H2,24,29). The van der Waals surface area contributed by atoms with Crippen LogP contribution in [0.3, 0.4) is 0 Å². The molecule has 1 aromatic carbocycles. The smallest absolute Gasteiger partial charge is 0.414 e. The summed E-state index contributed by atoms with van der Waals surface area (Å²) in [5.74, 6) is 0.692. The van der Waals surface area contributed by atoms with E-state index in [1.165, 1.54) is 18.1 Å². The predicted molar refractivity (Wildman–Crippen MR) is 128 cm³/mol. The van der Waals surface area contributed by atoms with Crippen molar-refractivity contribution in [3.8, 4) is 0 Å². The maximum absolute atomic E-state index is 14.9. The molecule has 3 rings (SSSR count). The summed E-state index contributed by atoms with van der Waals surface area (Å²) in [6.45, 7) is 2.90. The van der Waals surface area contributed by atoms with Gasteiger partial charge in [0.2, 0.25) is 11.8 Å². The minimum atomic E-state index is -0.502. The van der Waals surface area contributed by atoms with Crippen LogP contribution in [-0.2, 0) is 19.1 Å². The summed E-state index contributed by atoms with van der Waals surface area (Å²) in [5.41, 5.74) is 6.00. The van der Waals surface area contributed by atoms with Crippen LogP contribution in [0.1, 0.15) is 12.8 Å². The molecule has 188 valence electrons. The normalized spacial score (nSPS) is 18.4. The van der Waals surface area contributed by atoms with Crippen LogP contribution in [0.25, 0.3) is 0 Å². The molecule has 2 heterocycles. The third-order valence-electron chi connectivity index (χ3n) is 5.65. The SMILES string of the molecule is COCC(=O)N1CCN(c2ccc(N3CC(CNCSCCCC(N)=O)OC3=O)cc2F)CC1. The highest BCUT2D eigenvalue weighted by molar-refractivity contribution is 7.99. The van der Waals surface area contributed by atoms with Gasteiger partial charge >= 0.3 is 6.09 Å². The topological polar surface area (TPSA) is 117 Å². The molecule has 1 unspecified atom stereocenters. The van der Waals surface area contributed by atoms with Gasteiger partial charge in [0.1, 0.15) is 18.5 Å². The average Bonchev–Trinajstić information content (AvgIpc) is 3.18. The second-order valence-corrected chi connectivity index (χ2v) is 9.23. The number of carbonyl (C=O) groups is 3. The van der Waals surface area contributed by atoms with Crippen LogP contribution in [0.15, 0.2) is 18.2 Å². The van der Waals surface area contributed by atoms with Crippen molar-refractivity contribution >= 4 is 41.0 Å². The largest absolute Gasteiger partial charge is 0.443 e. The zero-order valence-corrected chi connectivity index (χ0v) is 20.2. The highest BCUT2D eigenvalue weighted by Crippen LogP contribution is 2.28. The number of nitrogens with zero attached hydrogens (tertiary/aromatic N) is 3. The molecule has 2 aliphatic rings. The molecule has 10 nitrogen and oxygen atoms in total. The van der Waals surface area contributed by atoms with Crippen LogP contribution in [0.5, 0.6) is 0 Å². The maximum atomic E-state index is 14.9. The molecule has 0 aliphatic carbocycles. The number of nitrogens with two attached hydrogens (primary N) is 1. The summed E-state index contributed by atoms with van der Waals surface area (Å²) >= 11 is 1.64. The number of halogens is 1. The summed E-state index contributed by atoms with van der Waals surface area (Å²) in [6, 6.07) is 4.73. The molecule has 12 heteroatoms. The highest BCUT2D eigenvalue weighted by atomic mass is 32.2. The number of benzene rings is 1. The molecule has 1 atom stereocenters. The van der Waals surface area contributed by atoms with Crippen LogP contribution in [0.2, 0.25) is 0 Å². The van der Waals surface area contributed by atoms with Crippen LogP contribution in [0, 0.1) is 5.82 Å². The van der Waals surface area contributed by atoms with E-state index in [4.69, 9.17) is 15.2 Å². The summed E-state index contributed by atoms with van der Waals surface area (Å²) in [6.07, 6.45) is 0.274. The van der Waals surface area contributed by atoms with Crippen LogP contribution in [0.4, 0.5) is 20.6 Å². The van der Waals surface area contributed by atoms with Gasteiger partial charge in [-0.15, -0.1) is 11.8 Å². The first-order valence-corrected chi connectivity index (χ1v) is 12.4. The summed E-state index contributed by atoms with van der Waals surface area (Å²) in [4.78, 5) is 40.0. The lowest BCUT2D eigenvalue weighted by Gasteiger charge is -2.36. The maximum Gasteiger partial charge on any atom is 0.414 e. The molecule has 2 aliphatic heterocycles. The Balaban J connectivity index is 1.46. The van der Waals surface area contributed by atoms with Gasteiger partial charge in [0.15, 0.2) is 0 Å². The second-order valence-electron chi connectivity index (χ2n) is 8.13. The number of hydrogen-bond donors (Lipinski definition) is 2. The Hall–Kier alpha value is -2.57. The van der Waals surface area contributed by atoms with Crippen molar-refractivity contribution in [1.82, 2.24) is 10.2 Å². The molecule has 1 aromatic rings. The van der Waals surface area contributed by atoms with E-state index in [1.807, 2.05) is 4.90 Å². The van der Waals surface area contributed by atoms with Gasteiger partial charge < -0.3 is 30.3 Å². The van der Waals surface area contributed by atoms with Crippen molar-refractivity contribution in [2.75, 3.05) is 74.4 Å². The number of amides is 3. The number of thioether (sulfide) groups is 1. The van der Waals surface area contributed by atoms with Gasteiger partial charge in [-0.25, -0.2) is 9.18 Å². The molecular weight excluding hydrogens is 465 g/mol. The fraction of sp³-hybridized carbons (Fsp3) is 0.591. The first-order valence-electron chi connectivity index (χ1n) is 11.2. The Morgan fingerprint density at radius 1 is 1.29 bits per heavy atom. The van der Waals surface area contributed by atoms with E-state index < -0.39 is 11.9 Å². The number of carbonyl (C=O) groups excluding carboxylic acids is 3. The molecule has 0 spiro atoms. The van der Waals surface area contributed by atoms with Gasteiger partial charge in [0.25, 0.3) is 0 Å². The number of primary amides is 1. The second kappa shape index (κ2) is 12.8. The quantitative estimate of drug-likeness (QED) is 0.324. The minimum absolute atomic E-state index is 0.0430. The van der Waals surface area contributed by atoms with E-state index >= 15 is 0 Å². The lowest BCUT2D eigenvalue weighted by Crippen LogP contribution is -2.50. The molecule has 0 radical (unpaired) electrons. The lowest BCUT2D eigenvalue weighted by molar-refractivity contribution is -0.135. The zero-order valence-electron chi connectivity index (χ0n) is 19.3. The van der Waals surface area contributed by atoms with Crippen LogP contribution in [-0.4, -0.2) is 93.5 Å². The molecular formula is C22H32FN5O5S. The first-order chi connectivity index (χ1) is 16.4. The number of piperazine rings is 1. The molecule has 3 N–H and O–H groups in total. The Morgan fingerprint density at radius 3 is 2.74 bits per heavy atom. The summed E-state index contributed by atoms with van der Waals surface area (Å²) in [7, 11) is 1.48. The zero-order chi connectivity index (χ0) is 24.5. The van der Waals surface area contributed by atoms with Crippen molar-refractivity contribution in [3.63, 3.8) is 0 Å². The van der Waals surface area contributed by atoms with Crippen LogP contribution >= 0.6 is 11.8 Å². The molecule has 0 aromatic heterocycles. The fourth-order valence-electron chi connectivity index (χ4n) is 3.88. The van der Waals surface area contributed by atoms with Crippen molar-refractivity contribution in [1.29, 1.82) is 0 Å². The van der Waals surface area contributed by atoms with Gasteiger partial charge in [0.05, 0.1) is 17.9 Å². The number of ether oxygens (including phenoxy) is 2. The third-order valence-corrected chi connectivity index (χ3v) is 6.63. The van der Waals surface area contributed by atoms with E-state index in [1.54, 1.807) is 28.8 Å². The number of rotatable bonds is 12. The molecule has 2 saturated heterocycles. The third kappa shape index (κ3) is 7.21. The number of anilines is 2. The molecule has 3 amide bonds. The molecule has 0 saturated carbocycles. The van der Waals surface area contributed by atoms with Crippen molar-refractivity contribution in [3.05, 3.63) is 24.0 Å². The fourth-order valence-corrected chi connectivity index (χ4v) is 4.64. The van der Waals surface area contributed by atoms with E-state index in [0.29, 0.717) is 62.9 Å². The Labute approximate surface area is 202 Å². The molecule has 2 fully saturated rings. The van der Waals surface area contributed by atoms with Gasteiger partial charge in [-0.05, 0) is 30.4 Å². The predicted octanol–water partition coefficient (Wildman–Crippen LogP) is 0.992. The summed E-state index contributed by atoms with van der Waals surface area (Å²) in [5, 5.41) is 3.22. The van der Waals surface area contributed by atoms with E-state index in [-0.39, 0.29) is 24.5 Å². The van der Waals surface area contributed by atoms with E-state index in [2.05, 4.69) is 5.32 Å². The Kier molecular flexibility index (Phi) is 9.78. The van der Waals surface area contributed by atoms with E-state index in [0.717, 1.165) is 12.2 Å². The number of methoxy groups -OCH3 is 1. The first kappa shape index (κ1) is 26.0. The van der Waals surface area contributed by atoms with Gasteiger partial charge in [-0.2, -0.15) is 0 Å². The van der Waals surface area contributed by atoms with Gasteiger partial charge in [-0.1, -0.05) is 0 Å². The minimum Gasteiger partial charge on any atom is -0.443 e. The molecule has 0 bridgehead atoms. The van der Waals surface area contributed by atoms with E-state index in [9.17, 15) is 18.8 Å². The lowest BCUT2D eigenvalue weighted by atomic mass is 10.2. The number of hydrogen-bond acceptors (Lipinski definition) is 8. The summed E-state index contributed by atoms with van der Waals surface area (Å²) < 4.78 is 25.2. The van der Waals surface area contributed by atoms with Gasteiger partial charge in [-0.3, -0.25) is 14.5 Å². The average molecular weight is 498 g/mol. The highest BCUT2D eigenvalue weighted by Gasteiger charge is 2.33. The van der Waals surface area contributed by atoms with Crippen LogP contribution < -0.4 is 20.9 Å². The van der Waals surface area contributed by atoms with Crippen molar-refractivity contribution < 1.29 is 28.2 Å². The Bertz CT molecular complexity index is 868. The van der Waals surface area contributed by atoms with Gasteiger partial charge in [0, 0.05) is 52.1 Å².